The summed E-state index contributed by atoms with van der Waals surface area (Å²) in [5.41, 5.74) is 0.153. The number of ether oxygens (including phenoxy) is 1. The van der Waals surface area contributed by atoms with Crippen molar-refractivity contribution < 1.29 is 9.53 Å². The van der Waals surface area contributed by atoms with E-state index in [1.807, 2.05) is 30.5 Å². The second kappa shape index (κ2) is 4.50. The zero-order valence-electron chi connectivity index (χ0n) is 9.91. The monoisotopic (exact) mass is 312 g/mol. The van der Waals surface area contributed by atoms with Crippen LogP contribution in [-0.4, -0.2) is 17.6 Å². The normalized spacial score (nSPS) is 18.5. The zero-order chi connectivity index (χ0) is 12.6. The van der Waals surface area contributed by atoms with Gasteiger partial charge in [-0.2, -0.15) is 0 Å². The maximum atomic E-state index is 11.9. The number of hydrogen-bond donors (Lipinski definition) is 0. The first kappa shape index (κ1) is 12.7. The van der Waals surface area contributed by atoms with E-state index in [2.05, 4.69) is 15.9 Å². The molecule has 0 fully saturated rings. The number of benzene rings is 1. The van der Waals surface area contributed by atoms with Gasteiger partial charge in [-0.25, -0.2) is 0 Å². The van der Waals surface area contributed by atoms with Crippen LogP contribution >= 0.6 is 27.7 Å². The highest BCUT2D eigenvalue weighted by molar-refractivity contribution is 9.12. The summed E-state index contributed by atoms with van der Waals surface area (Å²) in [6.45, 7) is 3.56. The minimum absolute atomic E-state index is 0.0126. The minimum Gasteiger partial charge on any atom is -0.478 e. The van der Waals surface area contributed by atoms with Crippen molar-refractivity contribution in [1.82, 2.24) is 0 Å². The first-order valence-electron chi connectivity index (χ1n) is 5.24. The Morgan fingerprint density at radius 2 is 1.82 bits per heavy atom. The van der Waals surface area contributed by atoms with Crippen LogP contribution in [0.1, 0.15) is 19.4 Å². The molecule has 0 amide bonds. The van der Waals surface area contributed by atoms with Crippen LogP contribution in [-0.2, 0) is 9.53 Å². The summed E-state index contributed by atoms with van der Waals surface area (Å²) in [4.78, 5) is 13.1. The van der Waals surface area contributed by atoms with E-state index < -0.39 is 5.60 Å². The van der Waals surface area contributed by atoms with E-state index in [1.54, 1.807) is 25.6 Å². The first-order chi connectivity index (χ1) is 7.95. The van der Waals surface area contributed by atoms with Crippen LogP contribution in [0, 0.1) is 0 Å². The third kappa shape index (κ3) is 2.29. The molecule has 0 radical (unpaired) electrons. The number of rotatable bonds is 2. The van der Waals surface area contributed by atoms with Crippen LogP contribution in [0.15, 0.2) is 33.6 Å². The van der Waals surface area contributed by atoms with Gasteiger partial charge in [0.1, 0.15) is 10.2 Å². The van der Waals surface area contributed by atoms with Gasteiger partial charge in [-0.05, 0) is 48.2 Å². The Labute approximate surface area is 114 Å². The highest BCUT2D eigenvalue weighted by Crippen LogP contribution is 2.39. The Kier molecular flexibility index (Phi) is 3.36. The molecule has 1 aliphatic rings. The predicted molar refractivity (Wildman–Crippen MR) is 74.2 cm³/mol. The van der Waals surface area contributed by atoms with Crippen molar-refractivity contribution in [3.63, 3.8) is 0 Å². The summed E-state index contributed by atoms with van der Waals surface area (Å²) in [5.74, 6) is 0.620. The molecule has 4 heteroatoms. The molecule has 0 unspecified atom stereocenters. The third-order valence-electron chi connectivity index (χ3n) is 2.65. The predicted octanol–water partition coefficient (Wildman–Crippen LogP) is 3.85. The van der Waals surface area contributed by atoms with E-state index in [-0.39, 0.29) is 5.78 Å². The van der Waals surface area contributed by atoms with Crippen molar-refractivity contribution in [2.75, 3.05) is 6.26 Å². The van der Waals surface area contributed by atoms with Gasteiger partial charge in [-0.15, -0.1) is 11.8 Å². The van der Waals surface area contributed by atoms with E-state index in [9.17, 15) is 4.79 Å². The summed E-state index contributed by atoms with van der Waals surface area (Å²) in [6.07, 6.45) is 2.03. The highest BCUT2D eigenvalue weighted by atomic mass is 79.9. The van der Waals surface area contributed by atoms with Crippen molar-refractivity contribution in [3.8, 4) is 0 Å². The standard InChI is InChI=1S/C13H13BrO2S/c1-13(2)12(15)10(14)11(16-13)8-4-6-9(17-3)7-5-8/h4-7H,1-3H3. The van der Waals surface area contributed by atoms with Crippen LogP contribution in [0.3, 0.4) is 0 Å². The molecule has 0 aliphatic carbocycles. The number of carbonyl (C=O) groups is 1. The van der Waals surface area contributed by atoms with Gasteiger partial charge in [0.15, 0.2) is 5.60 Å². The van der Waals surface area contributed by atoms with Crippen molar-refractivity contribution in [2.45, 2.75) is 24.3 Å². The van der Waals surface area contributed by atoms with Crippen LogP contribution < -0.4 is 0 Å². The fourth-order valence-electron chi connectivity index (χ4n) is 1.64. The van der Waals surface area contributed by atoms with E-state index in [4.69, 9.17) is 4.74 Å². The maximum absolute atomic E-state index is 11.9. The molecule has 90 valence electrons. The average molecular weight is 313 g/mol. The number of carbonyl (C=O) groups excluding carboxylic acids is 1. The lowest BCUT2D eigenvalue weighted by Gasteiger charge is -2.17. The molecular weight excluding hydrogens is 300 g/mol. The Morgan fingerprint density at radius 1 is 1.24 bits per heavy atom. The molecule has 1 heterocycles. The number of ketones is 1. The number of thioether (sulfide) groups is 1. The third-order valence-corrected chi connectivity index (χ3v) is 4.12. The van der Waals surface area contributed by atoms with E-state index in [1.165, 1.54) is 4.90 Å². The maximum Gasteiger partial charge on any atom is 0.216 e. The molecule has 1 aromatic rings. The van der Waals surface area contributed by atoms with Gasteiger partial charge in [0, 0.05) is 10.5 Å². The number of hydrogen-bond acceptors (Lipinski definition) is 3. The van der Waals surface area contributed by atoms with E-state index >= 15 is 0 Å². The van der Waals surface area contributed by atoms with Gasteiger partial charge in [0.2, 0.25) is 5.78 Å². The van der Waals surface area contributed by atoms with Crippen molar-refractivity contribution >= 4 is 39.2 Å². The van der Waals surface area contributed by atoms with Gasteiger partial charge >= 0.3 is 0 Å². The lowest BCUT2D eigenvalue weighted by Crippen LogP contribution is -2.28. The summed E-state index contributed by atoms with van der Waals surface area (Å²) >= 11 is 5.00. The second-order valence-corrected chi connectivity index (χ2v) is 5.99. The fraction of sp³-hybridized carbons (Fsp3) is 0.308. The van der Waals surface area contributed by atoms with Gasteiger partial charge in [0.25, 0.3) is 0 Å². The average Bonchev–Trinajstić information content (AvgIpc) is 2.53. The molecule has 1 aliphatic heterocycles. The summed E-state index contributed by atoms with van der Waals surface area (Å²) < 4.78 is 6.24. The van der Waals surface area contributed by atoms with E-state index in [0.29, 0.717) is 10.2 Å². The quantitative estimate of drug-likeness (QED) is 0.776. The molecule has 0 aromatic heterocycles. The van der Waals surface area contributed by atoms with Gasteiger partial charge < -0.3 is 4.74 Å². The Bertz CT molecular complexity index is 489. The molecule has 0 saturated heterocycles. The lowest BCUT2D eigenvalue weighted by atomic mass is 10.1. The SMILES string of the molecule is CSc1ccc(C2=C(Br)C(=O)C(C)(C)O2)cc1. The minimum atomic E-state index is -0.771. The molecule has 0 atom stereocenters. The summed E-state index contributed by atoms with van der Waals surface area (Å²) in [5, 5.41) is 0. The van der Waals surface area contributed by atoms with Crippen LogP contribution in [0.2, 0.25) is 0 Å². The second-order valence-electron chi connectivity index (χ2n) is 4.31. The Hall–Kier alpha value is -0.740. The molecular formula is C13H13BrO2S. The zero-order valence-corrected chi connectivity index (χ0v) is 12.3. The molecule has 0 bridgehead atoms. The molecule has 17 heavy (non-hydrogen) atoms. The smallest absolute Gasteiger partial charge is 0.216 e. The molecule has 1 aromatic carbocycles. The highest BCUT2D eigenvalue weighted by Gasteiger charge is 2.41. The first-order valence-corrected chi connectivity index (χ1v) is 7.25. The summed E-state index contributed by atoms with van der Waals surface area (Å²) in [7, 11) is 0. The molecule has 2 nitrogen and oxygen atoms in total. The number of Topliss-reactive ketones (excluding diaryl/α,β-unsaturated/α-hetero) is 1. The van der Waals surface area contributed by atoms with Crippen LogP contribution in [0.4, 0.5) is 0 Å². The molecule has 0 saturated carbocycles. The van der Waals surface area contributed by atoms with Gasteiger partial charge in [-0.3, -0.25) is 4.79 Å². The number of halogens is 1. The van der Waals surface area contributed by atoms with Crippen LogP contribution in [0.5, 0.6) is 0 Å². The summed E-state index contributed by atoms with van der Waals surface area (Å²) in [6, 6.07) is 7.98. The largest absolute Gasteiger partial charge is 0.478 e. The fourth-order valence-corrected chi connectivity index (χ4v) is 2.84. The topological polar surface area (TPSA) is 26.3 Å². The Morgan fingerprint density at radius 3 is 2.24 bits per heavy atom. The van der Waals surface area contributed by atoms with Crippen molar-refractivity contribution in [2.24, 2.45) is 0 Å². The van der Waals surface area contributed by atoms with Crippen molar-refractivity contribution in [1.29, 1.82) is 0 Å². The molecule has 0 N–H and O–H groups in total. The lowest BCUT2D eigenvalue weighted by molar-refractivity contribution is -0.125. The van der Waals surface area contributed by atoms with Crippen LogP contribution in [0.25, 0.3) is 5.76 Å². The molecule has 2 rings (SSSR count). The van der Waals surface area contributed by atoms with E-state index in [0.717, 1.165) is 5.56 Å². The van der Waals surface area contributed by atoms with Gasteiger partial charge in [0.05, 0.1) is 0 Å². The Balaban J connectivity index is 2.38. The molecule has 0 spiro atoms. The van der Waals surface area contributed by atoms with Gasteiger partial charge in [-0.1, -0.05) is 12.1 Å². The van der Waals surface area contributed by atoms with Crippen molar-refractivity contribution in [3.05, 3.63) is 34.3 Å².